The van der Waals surface area contributed by atoms with Crippen LogP contribution in [0.15, 0.2) is 47.3 Å². The number of nitrogens with zero attached hydrogens (tertiary/aromatic N) is 1. The fourth-order valence-corrected chi connectivity index (χ4v) is 2.20. The van der Waals surface area contributed by atoms with E-state index in [1.807, 2.05) is 37.3 Å². The van der Waals surface area contributed by atoms with E-state index in [1.54, 1.807) is 16.7 Å². The van der Waals surface area contributed by atoms with E-state index in [0.717, 1.165) is 22.3 Å². The van der Waals surface area contributed by atoms with Gasteiger partial charge in [0.25, 0.3) is 0 Å². The number of fused-ring (bicyclic) bond motifs is 1. The first-order chi connectivity index (χ1) is 8.65. The molecule has 2 aromatic carbocycles. The molecule has 0 bridgehead atoms. The third-order valence-electron chi connectivity index (χ3n) is 2.92. The topological polar surface area (TPSA) is 37.8 Å². The van der Waals surface area contributed by atoms with Crippen LogP contribution in [0.2, 0.25) is 5.02 Å². The lowest BCUT2D eigenvalue weighted by Crippen LogP contribution is -2.14. The highest BCUT2D eigenvalue weighted by Gasteiger charge is 2.08. The molecule has 1 heterocycles. The lowest BCUT2D eigenvalue weighted by Gasteiger charge is -2.03. The van der Waals surface area contributed by atoms with Crippen molar-refractivity contribution < 1.29 is 0 Å². The zero-order chi connectivity index (χ0) is 12.7. The summed E-state index contributed by atoms with van der Waals surface area (Å²) >= 11 is 5.86. The summed E-state index contributed by atoms with van der Waals surface area (Å²) in [6.45, 7) is 2.00. The van der Waals surface area contributed by atoms with Crippen LogP contribution >= 0.6 is 11.6 Å². The molecule has 0 atom stereocenters. The first-order valence-electron chi connectivity index (χ1n) is 5.62. The molecule has 3 nitrogen and oxygen atoms in total. The van der Waals surface area contributed by atoms with E-state index in [9.17, 15) is 4.79 Å². The molecule has 0 aliphatic heterocycles. The van der Waals surface area contributed by atoms with Crippen molar-refractivity contribution in [1.29, 1.82) is 0 Å². The number of aromatic nitrogens is 2. The molecule has 0 fully saturated rings. The largest absolute Gasteiger partial charge is 0.331 e. The maximum atomic E-state index is 12.0. The van der Waals surface area contributed by atoms with Gasteiger partial charge >= 0.3 is 5.69 Å². The second-order valence-corrected chi connectivity index (χ2v) is 4.70. The van der Waals surface area contributed by atoms with Gasteiger partial charge in [0.15, 0.2) is 0 Å². The summed E-state index contributed by atoms with van der Waals surface area (Å²) in [5.74, 6) is 0. The molecular weight excluding hydrogens is 248 g/mol. The number of aromatic amines is 1. The normalized spacial score (nSPS) is 11.0. The molecule has 90 valence electrons. The summed E-state index contributed by atoms with van der Waals surface area (Å²) in [6.07, 6.45) is 0. The minimum Gasteiger partial charge on any atom is -0.305 e. The quantitative estimate of drug-likeness (QED) is 0.715. The summed E-state index contributed by atoms with van der Waals surface area (Å²) in [7, 11) is 0. The Morgan fingerprint density at radius 2 is 1.83 bits per heavy atom. The van der Waals surface area contributed by atoms with Crippen LogP contribution in [0.3, 0.4) is 0 Å². The van der Waals surface area contributed by atoms with Gasteiger partial charge in [-0.25, -0.2) is 4.79 Å². The molecule has 3 aromatic rings. The van der Waals surface area contributed by atoms with Crippen molar-refractivity contribution in [2.45, 2.75) is 6.92 Å². The second kappa shape index (κ2) is 4.03. The van der Waals surface area contributed by atoms with Gasteiger partial charge in [0.2, 0.25) is 0 Å². The van der Waals surface area contributed by atoms with Crippen molar-refractivity contribution in [3.63, 3.8) is 0 Å². The average molecular weight is 259 g/mol. The van der Waals surface area contributed by atoms with Crippen LogP contribution in [0, 0.1) is 6.92 Å². The Morgan fingerprint density at radius 1 is 1.11 bits per heavy atom. The van der Waals surface area contributed by atoms with Crippen LogP contribution in [0.25, 0.3) is 16.7 Å². The predicted molar refractivity (Wildman–Crippen MR) is 73.6 cm³/mol. The molecule has 1 aromatic heterocycles. The van der Waals surface area contributed by atoms with E-state index in [4.69, 9.17) is 11.6 Å². The molecule has 0 aliphatic carbocycles. The highest BCUT2D eigenvalue weighted by Crippen LogP contribution is 2.18. The van der Waals surface area contributed by atoms with Crippen molar-refractivity contribution in [3.8, 4) is 5.69 Å². The number of hydrogen-bond donors (Lipinski definition) is 1. The molecule has 3 rings (SSSR count). The molecule has 0 radical (unpaired) electrons. The monoisotopic (exact) mass is 258 g/mol. The number of benzene rings is 2. The van der Waals surface area contributed by atoms with E-state index < -0.39 is 0 Å². The number of aryl methyl sites for hydroxylation is 1. The first kappa shape index (κ1) is 11.1. The van der Waals surface area contributed by atoms with Crippen molar-refractivity contribution in [2.24, 2.45) is 0 Å². The van der Waals surface area contributed by atoms with Gasteiger partial charge in [-0.1, -0.05) is 17.7 Å². The SMILES string of the molecule is Cc1ccc2c(c1)[nH]c(=O)n2-c1ccc(Cl)cc1. The number of imidazole rings is 1. The van der Waals surface area contributed by atoms with E-state index in [-0.39, 0.29) is 5.69 Å². The summed E-state index contributed by atoms with van der Waals surface area (Å²) in [4.78, 5) is 14.9. The minimum absolute atomic E-state index is 0.141. The first-order valence-corrected chi connectivity index (χ1v) is 6.00. The molecule has 0 spiro atoms. The molecule has 0 amide bonds. The maximum absolute atomic E-state index is 12.0. The molecule has 0 unspecified atom stereocenters. The Labute approximate surface area is 109 Å². The zero-order valence-electron chi connectivity index (χ0n) is 9.77. The standard InChI is InChI=1S/C14H11ClN2O/c1-9-2-7-13-12(8-9)16-14(18)17(13)11-5-3-10(15)4-6-11/h2-8H,1H3,(H,16,18). The Balaban J connectivity index is 2.32. The van der Waals surface area contributed by atoms with Gasteiger partial charge in [-0.15, -0.1) is 0 Å². The van der Waals surface area contributed by atoms with Gasteiger partial charge in [-0.3, -0.25) is 4.57 Å². The average Bonchev–Trinajstić information content (AvgIpc) is 2.65. The Bertz CT molecular complexity index is 769. The van der Waals surface area contributed by atoms with Gasteiger partial charge in [0.05, 0.1) is 16.7 Å². The summed E-state index contributed by atoms with van der Waals surface area (Å²) in [5, 5.41) is 0.655. The maximum Gasteiger partial charge on any atom is 0.331 e. The van der Waals surface area contributed by atoms with E-state index in [2.05, 4.69) is 4.98 Å². The van der Waals surface area contributed by atoms with Crippen LogP contribution in [0.4, 0.5) is 0 Å². The Morgan fingerprint density at radius 3 is 2.56 bits per heavy atom. The predicted octanol–water partition coefficient (Wildman–Crippen LogP) is 3.28. The molecule has 0 saturated heterocycles. The minimum atomic E-state index is -0.141. The second-order valence-electron chi connectivity index (χ2n) is 4.26. The molecule has 4 heteroatoms. The Kier molecular flexibility index (Phi) is 2.49. The molecule has 0 aliphatic rings. The van der Waals surface area contributed by atoms with Gasteiger partial charge in [-0.2, -0.15) is 0 Å². The lowest BCUT2D eigenvalue weighted by molar-refractivity contribution is 1.02. The molecular formula is C14H11ClN2O. The van der Waals surface area contributed by atoms with Crippen LogP contribution in [-0.2, 0) is 0 Å². The fraction of sp³-hybridized carbons (Fsp3) is 0.0714. The molecule has 1 N–H and O–H groups in total. The summed E-state index contributed by atoms with van der Waals surface area (Å²) in [6, 6.07) is 13.1. The van der Waals surface area contributed by atoms with Crippen molar-refractivity contribution in [2.75, 3.05) is 0 Å². The van der Waals surface area contributed by atoms with Gasteiger partial charge < -0.3 is 4.98 Å². The number of rotatable bonds is 1. The van der Waals surface area contributed by atoms with Crippen LogP contribution in [0.1, 0.15) is 5.56 Å². The lowest BCUT2D eigenvalue weighted by atomic mass is 10.2. The van der Waals surface area contributed by atoms with Crippen LogP contribution in [0.5, 0.6) is 0 Å². The number of H-pyrrole nitrogens is 1. The van der Waals surface area contributed by atoms with Gasteiger partial charge in [0.1, 0.15) is 0 Å². The van der Waals surface area contributed by atoms with Gasteiger partial charge in [0, 0.05) is 5.02 Å². The van der Waals surface area contributed by atoms with Crippen molar-refractivity contribution in [1.82, 2.24) is 9.55 Å². The molecule has 18 heavy (non-hydrogen) atoms. The zero-order valence-corrected chi connectivity index (χ0v) is 10.5. The van der Waals surface area contributed by atoms with Crippen LogP contribution in [-0.4, -0.2) is 9.55 Å². The third kappa shape index (κ3) is 1.73. The number of nitrogens with one attached hydrogen (secondary N) is 1. The number of hydrogen-bond acceptors (Lipinski definition) is 1. The third-order valence-corrected chi connectivity index (χ3v) is 3.17. The Hall–Kier alpha value is -2.00. The van der Waals surface area contributed by atoms with E-state index >= 15 is 0 Å². The highest BCUT2D eigenvalue weighted by molar-refractivity contribution is 6.30. The fourth-order valence-electron chi connectivity index (χ4n) is 2.07. The molecule has 0 saturated carbocycles. The smallest absolute Gasteiger partial charge is 0.305 e. The van der Waals surface area contributed by atoms with Gasteiger partial charge in [-0.05, 0) is 48.9 Å². The summed E-state index contributed by atoms with van der Waals surface area (Å²) < 4.78 is 1.64. The van der Waals surface area contributed by atoms with Crippen molar-refractivity contribution in [3.05, 3.63) is 63.5 Å². The highest BCUT2D eigenvalue weighted by atomic mass is 35.5. The van der Waals surface area contributed by atoms with Crippen LogP contribution < -0.4 is 5.69 Å². The van der Waals surface area contributed by atoms with E-state index in [0.29, 0.717) is 5.02 Å². The summed E-state index contributed by atoms with van der Waals surface area (Å²) in [5.41, 5.74) is 3.49. The van der Waals surface area contributed by atoms with Crippen molar-refractivity contribution >= 4 is 22.6 Å². The van der Waals surface area contributed by atoms with E-state index in [1.165, 1.54) is 0 Å². The number of halogens is 1.